The summed E-state index contributed by atoms with van der Waals surface area (Å²) in [6.07, 6.45) is 0. The van der Waals surface area contributed by atoms with Crippen molar-refractivity contribution >= 4 is 27.7 Å². The number of carbonyl (C=O) groups excluding carboxylic acids is 1. The van der Waals surface area contributed by atoms with Crippen molar-refractivity contribution in [3.63, 3.8) is 0 Å². The Balaban J connectivity index is 2.41. The highest BCUT2D eigenvalue weighted by Crippen LogP contribution is 2.28. The lowest BCUT2D eigenvalue weighted by atomic mass is 10.0. The molecule has 2 aromatic carbocycles. The Bertz CT molecular complexity index is 908. The summed E-state index contributed by atoms with van der Waals surface area (Å²) in [5, 5.41) is 2.44. The predicted molar refractivity (Wildman–Crippen MR) is 77.9 cm³/mol. The quantitative estimate of drug-likeness (QED) is 0.411. The zero-order chi connectivity index (χ0) is 15.0. The molecule has 0 atom stereocenters. The molecule has 0 saturated carbocycles. The molecule has 0 bridgehead atoms. The topological polar surface area (TPSA) is 65.7 Å². The first-order valence-electron chi connectivity index (χ1n) is 6.27. The van der Waals surface area contributed by atoms with Crippen LogP contribution in [-0.2, 0) is 4.74 Å². The number of ether oxygens (including phenoxy) is 2. The molecule has 3 aromatic rings. The third-order valence-electron chi connectivity index (χ3n) is 3.35. The van der Waals surface area contributed by atoms with Gasteiger partial charge in [-0.1, -0.05) is 12.1 Å². The SMILES string of the molecule is COC(=O)c1cc2c(ccc3ccc(OC)cc32)oc1=O. The molecule has 0 N–H and O–H groups in total. The highest BCUT2D eigenvalue weighted by atomic mass is 16.5. The summed E-state index contributed by atoms with van der Waals surface area (Å²) in [7, 11) is 2.80. The molecule has 0 saturated heterocycles. The van der Waals surface area contributed by atoms with Crippen molar-refractivity contribution in [1.82, 2.24) is 0 Å². The summed E-state index contributed by atoms with van der Waals surface area (Å²) in [6, 6.07) is 10.6. The molecule has 0 unspecified atom stereocenters. The number of hydrogen-bond donors (Lipinski definition) is 0. The molecule has 5 heteroatoms. The Morgan fingerprint density at radius 1 is 1.05 bits per heavy atom. The standard InChI is InChI=1S/C16H12O5/c1-19-10-5-3-9-4-6-14-12(11(9)7-10)8-13(15(17)20-2)16(18)21-14/h3-8H,1-2H3. The molecule has 3 rings (SSSR count). The Kier molecular flexibility index (Phi) is 3.10. The molecule has 0 aliphatic heterocycles. The average molecular weight is 284 g/mol. The van der Waals surface area contributed by atoms with Gasteiger partial charge >= 0.3 is 11.6 Å². The fourth-order valence-electron chi connectivity index (χ4n) is 2.28. The molecule has 0 aliphatic carbocycles. The largest absolute Gasteiger partial charge is 0.497 e. The van der Waals surface area contributed by atoms with Crippen LogP contribution < -0.4 is 10.4 Å². The number of carbonyl (C=O) groups is 1. The van der Waals surface area contributed by atoms with E-state index in [-0.39, 0.29) is 5.56 Å². The number of esters is 1. The molecule has 0 radical (unpaired) electrons. The van der Waals surface area contributed by atoms with Crippen LogP contribution in [0.3, 0.4) is 0 Å². The van der Waals surface area contributed by atoms with E-state index in [2.05, 4.69) is 4.74 Å². The number of rotatable bonds is 2. The van der Waals surface area contributed by atoms with Crippen LogP contribution in [0.25, 0.3) is 21.7 Å². The zero-order valence-corrected chi connectivity index (χ0v) is 11.5. The van der Waals surface area contributed by atoms with Crippen LogP contribution >= 0.6 is 0 Å². The second kappa shape index (κ2) is 4.94. The molecule has 0 amide bonds. The molecule has 0 spiro atoms. The van der Waals surface area contributed by atoms with Crippen molar-refractivity contribution in [3.05, 3.63) is 52.4 Å². The van der Waals surface area contributed by atoms with E-state index in [1.165, 1.54) is 13.2 Å². The summed E-state index contributed by atoms with van der Waals surface area (Å²) < 4.78 is 15.0. The molecule has 1 aromatic heterocycles. The fourth-order valence-corrected chi connectivity index (χ4v) is 2.28. The van der Waals surface area contributed by atoms with Crippen molar-refractivity contribution in [2.24, 2.45) is 0 Å². The van der Waals surface area contributed by atoms with Crippen molar-refractivity contribution in [1.29, 1.82) is 0 Å². The lowest BCUT2D eigenvalue weighted by Crippen LogP contribution is -2.14. The third-order valence-corrected chi connectivity index (χ3v) is 3.35. The van der Waals surface area contributed by atoms with E-state index >= 15 is 0 Å². The van der Waals surface area contributed by atoms with Crippen molar-refractivity contribution in [2.45, 2.75) is 0 Å². The van der Waals surface area contributed by atoms with E-state index in [1.54, 1.807) is 13.2 Å². The highest BCUT2D eigenvalue weighted by Gasteiger charge is 2.15. The monoisotopic (exact) mass is 284 g/mol. The number of fused-ring (bicyclic) bond motifs is 3. The lowest BCUT2D eigenvalue weighted by Gasteiger charge is -2.06. The summed E-state index contributed by atoms with van der Waals surface area (Å²) in [6.45, 7) is 0. The Morgan fingerprint density at radius 3 is 2.52 bits per heavy atom. The summed E-state index contributed by atoms with van der Waals surface area (Å²) >= 11 is 0. The van der Waals surface area contributed by atoms with Gasteiger partial charge in [0.15, 0.2) is 0 Å². The maximum atomic E-state index is 11.8. The second-order valence-corrected chi connectivity index (χ2v) is 4.50. The zero-order valence-electron chi connectivity index (χ0n) is 11.5. The van der Waals surface area contributed by atoms with Gasteiger partial charge in [0.1, 0.15) is 16.9 Å². The van der Waals surface area contributed by atoms with Crippen LogP contribution in [0.15, 0.2) is 45.6 Å². The third kappa shape index (κ3) is 2.12. The fraction of sp³-hybridized carbons (Fsp3) is 0.125. The summed E-state index contributed by atoms with van der Waals surface area (Å²) in [4.78, 5) is 23.4. The van der Waals surface area contributed by atoms with Crippen LogP contribution in [0.4, 0.5) is 0 Å². The molecular formula is C16H12O5. The molecule has 5 nitrogen and oxygen atoms in total. The minimum atomic E-state index is -0.717. The predicted octanol–water partition coefficient (Wildman–Crippen LogP) is 2.74. The number of hydrogen-bond acceptors (Lipinski definition) is 5. The number of methoxy groups -OCH3 is 2. The molecule has 1 heterocycles. The maximum Gasteiger partial charge on any atom is 0.351 e. The van der Waals surface area contributed by atoms with E-state index in [4.69, 9.17) is 9.15 Å². The van der Waals surface area contributed by atoms with Crippen LogP contribution in [0.1, 0.15) is 10.4 Å². The van der Waals surface area contributed by atoms with Gasteiger partial charge in [0.25, 0.3) is 0 Å². The van der Waals surface area contributed by atoms with E-state index in [9.17, 15) is 9.59 Å². The smallest absolute Gasteiger partial charge is 0.351 e. The molecule has 0 fully saturated rings. The van der Waals surface area contributed by atoms with Gasteiger partial charge < -0.3 is 13.9 Å². The van der Waals surface area contributed by atoms with Crippen LogP contribution in [0.2, 0.25) is 0 Å². The Hall–Kier alpha value is -2.82. The minimum absolute atomic E-state index is 0.125. The molecular weight excluding hydrogens is 272 g/mol. The first-order chi connectivity index (χ1) is 10.1. The van der Waals surface area contributed by atoms with Gasteiger partial charge in [0.2, 0.25) is 0 Å². The Morgan fingerprint density at radius 2 is 1.81 bits per heavy atom. The van der Waals surface area contributed by atoms with Gasteiger partial charge in [-0.3, -0.25) is 0 Å². The second-order valence-electron chi connectivity index (χ2n) is 4.50. The summed E-state index contributed by atoms with van der Waals surface area (Å²) in [5.74, 6) is -0.0358. The summed E-state index contributed by atoms with van der Waals surface area (Å²) in [5.41, 5.74) is -0.426. The van der Waals surface area contributed by atoms with Gasteiger partial charge in [-0.15, -0.1) is 0 Å². The van der Waals surface area contributed by atoms with Crippen molar-refractivity contribution in [2.75, 3.05) is 14.2 Å². The first kappa shape index (κ1) is 13.2. The van der Waals surface area contributed by atoms with Crippen LogP contribution in [0, 0.1) is 0 Å². The van der Waals surface area contributed by atoms with E-state index in [0.717, 1.165) is 10.8 Å². The van der Waals surface area contributed by atoms with Gasteiger partial charge in [0, 0.05) is 5.39 Å². The number of benzene rings is 2. The van der Waals surface area contributed by atoms with Crippen LogP contribution in [-0.4, -0.2) is 20.2 Å². The van der Waals surface area contributed by atoms with Gasteiger partial charge in [0.05, 0.1) is 14.2 Å². The highest BCUT2D eigenvalue weighted by molar-refractivity contribution is 6.07. The van der Waals surface area contributed by atoms with Gasteiger partial charge in [-0.05, 0) is 35.0 Å². The van der Waals surface area contributed by atoms with Crippen molar-refractivity contribution < 1.29 is 18.7 Å². The molecule has 0 aliphatic rings. The lowest BCUT2D eigenvalue weighted by molar-refractivity contribution is 0.0596. The van der Waals surface area contributed by atoms with Crippen LogP contribution in [0.5, 0.6) is 5.75 Å². The Labute approximate surface area is 119 Å². The van der Waals surface area contributed by atoms with E-state index < -0.39 is 11.6 Å². The minimum Gasteiger partial charge on any atom is -0.497 e. The van der Waals surface area contributed by atoms with Gasteiger partial charge in [-0.25, -0.2) is 9.59 Å². The molecule has 21 heavy (non-hydrogen) atoms. The normalized spacial score (nSPS) is 10.8. The first-order valence-corrected chi connectivity index (χ1v) is 6.27. The van der Waals surface area contributed by atoms with Gasteiger partial charge in [-0.2, -0.15) is 0 Å². The maximum absolute atomic E-state index is 11.8. The van der Waals surface area contributed by atoms with Crippen molar-refractivity contribution in [3.8, 4) is 5.75 Å². The molecule has 106 valence electrons. The van der Waals surface area contributed by atoms with E-state index in [1.807, 2.05) is 24.3 Å². The van der Waals surface area contributed by atoms with E-state index in [0.29, 0.717) is 16.7 Å². The average Bonchev–Trinajstić information content (AvgIpc) is 2.52.